The number of halogens is 1. The lowest BCUT2D eigenvalue weighted by atomic mass is 10.1. The lowest BCUT2D eigenvalue weighted by molar-refractivity contribution is -0.126. The normalized spacial score (nSPS) is 15.8. The van der Waals surface area contributed by atoms with Gasteiger partial charge >= 0.3 is 0 Å². The van der Waals surface area contributed by atoms with Crippen LogP contribution in [-0.4, -0.2) is 25.7 Å². The van der Waals surface area contributed by atoms with Crippen molar-refractivity contribution in [3.8, 4) is 5.75 Å². The molecule has 4 nitrogen and oxygen atoms in total. The summed E-state index contributed by atoms with van der Waals surface area (Å²) >= 11 is 3.41. The van der Waals surface area contributed by atoms with Crippen molar-refractivity contribution in [3.05, 3.63) is 22.2 Å². The van der Waals surface area contributed by atoms with Crippen LogP contribution in [0.1, 0.15) is 25.3 Å². The minimum absolute atomic E-state index is 0.144. The Morgan fingerprint density at radius 2 is 2.20 bits per heavy atom. The fourth-order valence-electron chi connectivity index (χ4n) is 1.90. The fourth-order valence-corrected chi connectivity index (χ4v) is 2.45. The van der Waals surface area contributed by atoms with Gasteiger partial charge in [-0.3, -0.25) is 4.79 Å². The molecule has 1 aromatic rings. The summed E-state index contributed by atoms with van der Waals surface area (Å²) in [4.78, 5) is 12.1. The van der Waals surface area contributed by atoms with Gasteiger partial charge in [0.1, 0.15) is 11.9 Å². The van der Waals surface area contributed by atoms with Gasteiger partial charge in [-0.1, -0.05) is 15.9 Å². The molecule has 1 saturated carbocycles. The Morgan fingerprint density at radius 3 is 2.80 bits per heavy atom. The summed E-state index contributed by atoms with van der Waals surface area (Å²) in [6.07, 6.45) is 1.98. The smallest absolute Gasteiger partial charge is 0.253 e. The zero-order valence-corrected chi connectivity index (χ0v) is 13.6. The lowest BCUT2D eigenvalue weighted by Gasteiger charge is -2.17. The van der Waals surface area contributed by atoms with Gasteiger partial charge in [-0.05, 0) is 50.3 Å². The minimum atomic E-state index is -0.455. The third kappa shape index (κ3) is 3.96. The highest BCUT2D eigenvalue weighted by Gasteiger charge is 2.24. The first kappa shape index (κ1) is 15.3. The van der Waals surface area contributed by atoms with Crippen LogP contribution >= 0.6 is 15.9 Å². The van der Waals surface area contributed by atoms with Crippen LogP contribution in [0, 0.1) is 12.8 Å². The molecule has 1 N–H and O–H groups in total. The van der Waals surface area contributed by atoms with E-state index in [4.69, 9.17) is 9.47 Å². The Kier molecular flexibility index (Phi) is 5.05. The van der Waals surface area contributed by atoms with Gasteiger partial charge < -0.3 is 14.8 Å². The second-order valence-electron chi connectivity index (χ2n) is 5.21. The van der Waals surface area contributed by atoms with Gasteiger partial charge in [0.05, 0.1) is 19.4 Å². The Morgan fingerprint density at radius 1 is 1.50 bits per heavy atom. The summed E-state index contributed by atoms with van der Waals surface area (Å²) < 4.78 is 11.8. The van der Waals surface area contributed by atoms with E-state index in [-0.39, 0.29) is 5.91 Å². The summed E-state index contributed by atoms with van der Waals surface area (Å²) in [5.74, 6) is 1.14. The highest BCUT2D eigenvalue weighted by Crippen LogP contribution is 2.32. The largest absolute Gasteiger partial charge is 0.495 e. The van der Waals surface area contributed by atoms with Gasteiger partial charge in [0, 0.05) is 4.47 Å². The van der Waals surface area contributed by atoms with Crippen LogP contribution in [0.4, 0.5) is 5.69 Å². The Balaban J connectivity index is 2.02. The highest BCUT2D eigenvalue weighted by atomic mass is 79.9. The molecule has 0 radical (unpaired) electrons. The van der Waals surface area contributed by atoms with Gasteiger partial charge in [0.15, 0.2) is 0 Å². The fraction of sp³-hybridized carbons (Fsp3) is 0.533. The summed E-state index contributed by atoms with van der Waals surface area (Å²) in [5, 5.41) is 2.89. The summed E-state index contributed by atoms with van der Waals surface area (Å²) in [7, 11) is 1.59. The Bertz CT molecular complexity index is 500. The van der Waals surface area contributed by atoms with Crippen molar-refractivity contribution < 1.29 is 14.3 Å². The molecule has 0 saturated heterocycles. The zero-order valence-electron chi connectivity index (χ0n) is 12.0. The van der Waals surface area contributed by atoms with Crippen LogP contribution in [0.25, 0.3) is 0 Å². The number of anilines is 1. The highest BCUT2D eigenvalue weighted by molar-refractivity contribution is 9.10. The van der Waals surface area contributed by atoms with Crippen molar-refractivity contribution in [1.29, 1.82) is 0 Å². The molecule has 1 aliphatic rings. The number of rotatable bonds is 6. The number of carbonyl (C=O) groups excluding carboxylic acids is 1. The topological polar surface area (TPSA) is 47.6 Å². The molecule has 2 rings (SSSR count). The van der Waals surface area contributed by atoms with Crippen LogP contribution in [0.2, 0.25) is 0 Å². The van der Waals surface area contributed by atoms with E-state index in [2.05, 4.69) is 21.2 Å². The number of methoxy groups -OCH3 is 1. The van der Waals surface area contributed by atoms with Gasteiger partial charge in [0.25, 0.3) is 5.91 Å². The van der Waals surface area contributed by atoms with Crippen molar-refractivity contribution in [1.82, 2.24) is 0 Å². The SMILES string of the molecule is COc1cc(Br)cc(C)c1NC(=O)C(C)OCC1CC1. The summed E-state index contributed by atoms with van der Waals surface area (Å²) in [5.41, 5.74) is 1.64. The van der Waals surface area contributed by atoms with Crippen LogP contribution in [0.5, 0.6) is 5.75 Å². The van der Waals surface area contributed by atoms with Crippen molar-refractivity contribution in [3.63, 3.8) is 0 Å². The molecule has 1 unspecified atom stereocenters. The number of benzene rings is 1. The molecule has 20 heavy (non-hydrogen) atoms. The number of amides is 1. The maximum absolute atomic E-state index is 12.1. The predicted molar refractivity (Wildman–Crippen MR) is 82.2 cm³/mol. The van der Waals surface area contributed by atoms with E-state index in [9.17, 15) is 4.79 Å². The van der Waals surface area contributed by atoms with E-state index in [0.29, 0.717) is 24.0 Å². The van der Waals surface area contributed by atoms with E-state index in [0.717, 1.165) is 10.0 Å². The number of hydrogen-bond acceptors (Lipinski definition) is 3. The van der Waals surface area contributed by atoms with E-state index in [1.807, 2.05) is 19.1 Å². The molecule has 0 aromatic heterocycles. The second-order valence-corrected chi connectivity index (χ2v) is 6.12. The molecule has 0 spiro atoms. The molecule has 1 fully saturated rings. The zero-order chi connectivity index (χ0) is 14.7. The van der Waals surface area contributed by atoms with Crippen molar-refractivity contribution in [2.45, 2.75) is 32.8 Å². The van der Waals surface area contributed by atoms with Crippen LogP contribution in [-0.2, 0) is 9.53 Å². The number of hydrogen-bond donors (Lipinski definition) is 1. The molecular formula is C15H20BrNO3. The first-order chi connectivity index (χ1) is 9.51. The average Bonchev–Trinajstić information content (AvgIpc) is 3.22. The van der Waals surface area contributed by atoms with E-state index in [1.165, 1.54) is 12.8 Å². The molecule has 0 bridgehead atoms. The van der Waals surface area contributed by atoms with Gasteiger partial charge in [-0.2, -0.15) is 0 Å². The molecule has 110 valence electrons. The molecule has 5 heteroatoms. The first-order valence-electron chi connectivity index (χ1n) is 6.78. The van der Waals surface area contributed by atoms with Crippen molar-refractivity contribution in [2.24, 2.45) is 5.92 Å². The lowest BCUT2D eigenvalue weighted by Crippen LogP contribution is -2.28. The van der Waals surface area contributed by atoms with E-state index >= 15 is 0 Å². The molecule has 1 atom stereocenters. The van der Waals surface area contributed by atoms with Crippen molar-refractivity contribution in [2.75, 3.05) is 19.0 Å². The first-order valence-corrected chi connectivity index (χ1v) is 7.57. The molecule has 1 amide bonds. The summed E-state index contributed by atoms with van der Waals surface area (Å²) in [6, 6.07) is 3.77. The number of carbonyl (C=O) groups is 1. The van der Waals surface area contributed by atoms with Gasteiger partial charge in [-0.25, -0.2) is 0 Å². The standard InChI is InChI=1S/C15H20BrNO3/c1-9-6-12(16)7-13(19-3)14(9)17-15(18)10(2)20-8-11-4-5-11/h6-7,10-11H,4-5,8H2,1-3H3,(H,17,18). The number of ether oxygens (including phenoxy) is 2. The minimum Gasteiger partial charge on any atom is -0.495 e. The number of nitrogens with one attached hydrogen (secondary N) is 1. The van der Waals surface area contributed by atoms with Crippen LogP contribution in [0.3, 0.4) is 0 Å². The molecule has 1 aromatic carbocycles. The number of aryl methyl sites for hydroxylation is 1. The monoisotopic (exact) mass is 341 g/mol. The van der Waals surface area contributed by atoms with Crippen molar-refractivity contribution >= 4 is 27.5 Å². The molecular weight excluding hydrogens is 322 g/mol. The predicted octanol–water partition coefficient (Wildman–Crippen LogP) is 3.52. The maximum Gasteiger partial charge on any atom is 0.253 e. The second kappa shape index (κ2) is 6.59. The van der Waals surface area contributed by atoms with Gasteiger partial charge in [-0.15, -0.1) is 0 Å². The third-order valence-corrected chi connectivity index (χ3v) is 3.84. The van der Waals surface area contributed by atoms with E-state index in [1.54, 1.807) is 14.0 Å². The van der Waals surface area contributed by atoms with E-state index < -0.39 is 6.10 Å². The van der Waals surface area contributed by atoms with Crippen LogP contribution in [0.15, 0.2) is 16.6 Å². The average molecular weight is 342 g/mol. The maximum atomic E-state index is 12.1. The molecule has 1 aliphatic carbocycles. The quantitative estimate of drug-likeness (QED) is 0.861. The Hall–Kier alpha value is -1.07. The molecule has 0 heterocycles. The van der Waals surface area contributed by atoms with Gasteiger partial charge in [0.2, 0.25) is 0 Å². The third-order valence-electron chi connectivity index (χ3n) is 3.38. The van der Waals surface area contributed by atoms with Crippen LogP contribution < -0.4 is 10.1 Å². The Labute approximate surface area is 128 Å². The molecule has 0 aliphatic heterocycles. The summed E-state index contributed by atoms with van der Waals surface area (Å²) in [6.45, 7) is 4.38.